The van der Waals surface area contributed by atoms with Crippen molar-refractivity contribution in [3.63, 3.8) is 0 Å². The zero-order chi connectivity index (χ0) is 13.2. The Balaban J connectivity index is 2.04. The van der Waals surface area contributed by atoms with Crippen LogP contribution in [0.4, 0.5) is 5.82 Å². The fraction of sp³-hybridized carbons (Fsp3) is 0.538. The summed E-state index contributed by atoms with van der Waals surface area (Å²) in [6, 6.07) is 3.19. The molecular formula is C13H19N3O2. The third-order valence-electron chi connectivity index (χ3n) is 3.44. The SMILES string of the molecule is CN(CC1(O)CCCC1)C(=O)c1ccnc(N)c1. The van der Waals surface area contributed by atoms with Crippen LogP contribution in [0.15, 0.2) is 18.3 Å². The first-order valence-electron chi connectivity index (χ1n) is 6.20. The van der Waals surface area contributed by atoms with E-state index in [1.165, 1.54) is 6.20 Å². The molecule has 0 unspecified atom stereocenters. The Hall–Kier alpha value is -1.62. The van der Waals surface area contributed by atoms with E-state index >= 15 is 0 Å². The molecule has 0 aromatic carbocycles. The summed E-state index contributed by atoms with van der Waals surface area (Å²) in [6.45, 7) is 0.369. The summed E-state index contributed by atoms with van der Waals surface area (Å²) in [5.41, 5.74) is 5.34. The summed E-state index contributed by atoms with van der Waals surface area (Å²) in [5.74, 6) is 0.193. The van der Waals surface area contributed by atoms with E-state index < -0.39 is 5.60 Å². The van der Waals surface area contributed by atoms with Crippen molar-refractivity contribution >= 4 is 11.7 Å². The van der Waals surface area contributed by atoms with Crippen LogP contribution in [0.2, 0.25) is 0 Å². The molecule has 1 aliphatic carbocycles. The number of anilines is 1. The minimum atomic E-state index is -0.719. The quantitative estimate of drug-likeness (QED) is 0.839. The molecule has 2 rings (SSSR count). The molecule has 0 saturated heterocycles. The number of nitrogen functional groups attached to an aromatic ring is 1. The van der Waals surface area contributed by atoms with Crippen LogP contribution in [0.25, 0.3) is 0 Å². The first kappa shape index (κ1) is 12.8. The van der Waals surface area contributed by atoms with Gasteiger partial charge in [-0.3, -0.25) is 4.79 Å². The van der Waals surface area contributed by atoms with Crippen molar-refractivity contribution in [2.75, 3.05) is 19.3 Å². The fourth-order valence-corrected chi connectivity index (χ4v) is 2.51. The summed E-state index contributed by atoms with van der Waals surface area (Å²) in [6.07, 6.45) is 5.11. The van der Waals surface area contributed by atoms with Gasteiger partial charge in [0.2, 0.25) is 0 Å². The first-order valence-corrected chi connectivity index (χ1v) is 6.20. The van der Waals surface area contributed by atoms with Gasteiger partial charge in [0.05, 0.1) is 5.60 Å². The predicted molar refractivity (Wildman–Crippen MR) is 69.0 cm³/mol. The van der Waals surface area contributed by atoms with E-state index in [1.54, 1.807) is 24.1 Å². The highest BCUT2D eigenvalue weighted by Crippen LogP contribution is 2.30. The van der Waals surface area contributed by atoms with Crippen molar-refractivity contribution in [3.8, 4) is 0 Å². The molecule has 1 fully saturated rings. The van der Waals surface area contributed by atoms with E-state index in [0.717, 1.165) is 25.7 Å². The Labute approximate surface area is 107 Å². The molecule has 1 aromatic heterocycles. The summed E-state index contributed by atoms with van der Waals surface area (Å²) in [7, 11) is 1.70. The number of nitrogens with two attached hydrogens (primary N) is 1. The molecule has 0 bridgehead atoms. The third-order valence-corrected chi connectivity index (χ3v) is 3.44. The van der Waals surface area contributed by atoms with Gasteiger partial charge < -0.3 is 15.7 Å². The second-order valence-corrected chi connectivity index (χ2v) is 5.06. The number of nitrogens with zero attached hydrogens (tertiary/aromatic N) is 2. The van der Waals surface area contributed by atoms with E-state index in [2.05, 4.69) is 4.98 Å². The molecule has 98 valence electrons. The number of rotatable bonds is 3. The average Bonchev–Trinajstić information content (AvgIpc) is 2.74. The fourth-order valence-electron chi connectivity index (χ4n) is 2.51. The van der Waals surface area contributed by atoms with Gasteiger partial charge in [0.25, 0.3) is 5.91 Å². The van der Waals surface area contributed by atoms with E-state index in [4.69, 9.17) is 5.73 Å². The maximum Gasteiger partial charge on any atom is 0.253 e. The molecule has 0 aliphatic heterocycles. The van der Waals surface area contributed by atoms with Gasteiger partial charge in [0.1, 0.15) is 5.82 Å². The minimum Gasteiger partial charge on any atom is -0.388 e. The Morgan fingerprint density at radius 1 is 1.56 bits per heavy atom. The lowest BCUT2D eigenvalue weighted by Gasteiger charge is -2.28. The molecule has 1 amide bonds. The van der Waals surface area contributed by atoms with E-state index in [9.17, 15) is 9.90 Å². The van der Waals surface area contributed by atoms with Crippen LogP contribution in [-0.4, -0.2) is 40.1 Å². The number of pyridine rings is 1. The van der Waals surface area contributed by atoms with Gasteiger partial charge in [-0.2, -0.15) is 0 Å². The van der Waals surface area contributed by atoms with E-state index in [0.29, 0.717) is 17.9 Å². The average molecular weight is 249 g/mol. The zero-order valence-electron chi connectivity index (χ0n) is 10.6. The van der Waals surface area contributed by atoms with Crippen molar-refractivity contribution in [1.82, 2.24) is 9.88 Å². The van der Waals surface area contributed by atoms with Crippen molar-refractivity contribution in [2.24, 2.45) is 0 Å². The van der Waals surface area contributed by atoms with E-state index in [1.807, 2.05) is 0 Å². The van der Waals surface area contributed by atoms with Gasteiger partial charge in [-0.05, 0) is 25.0 Å². The molecule has 3 N–H and O–H groups in total. The number of hydrogen-bond acceptors (Lipinski definition) is 4. The third kappa shape index (κ3) is 2.79. The molecule has 0 atom stereocenters. The van der Waals surface area contributed by atoms with Crippen molar-refractivity contribution < 1.29 is 9.90 Å². The van der Waals surface area contributed by atoms with Crippen LogP contribution in [0.3, 0.4) is 0 Å². The van der Waals surface area contributed by atoms with Gasteiger partial charge in [-0.15, -0.1) is 0 Å². The van der Waals surface area contributed by atoms with Crippen LogP contribution < -0.4 is 5.73 Å². The van der Waals surface area contributed by atoms with Gasteiger partial charge in [-0.1, -0.05) is 12.8 Å². The molecule has 1 aliphatic rings. The highest BCUT2D eigenvalue weighted by molar-refractivity contribution is 5.94. The summed E-state index contributed by atoms with van der Waals surface area (Å²) in [4.78, 5) is 17.6. The monoisotopic (exact) mass is 249 g/mol. The van der Waals surface area contributed by atoms with Gasteiger partial charge in [0, 0.05) is 25.4 Å². The summed E-state index contributed by atoms with van der Waals surface area (Å²) < 4.78 is 0. The number of likely N-dealkylation sites (N-methyl/N-ethyl adjacent to an activating group) is 1. The highest BCUT2D eigenvalue weighted by Gasteiger charge is 2.33. The standard InChI is InChI=1S/C13H19N3O2/c1-16(9-13(18)5-2-3-6-13)12(17)10-4-7-15-11(14)8-10/h4,7-8,18H,2-3,5-6,9H2,1H3,(H2,14,15). The number of carbonyl (C=O) groups excluding carboxylic acids is 1. The lowest BCUT2D eigenvalue weighted by atomic mass is 10.0. The molecule has 1 saturated carbocycles. The maximum atomic E-state index is 12.2. The number of aromatic nitrogens is 1. The maximum absolute atomic E-state index is 12.2. The molecule has 5 nitrogen and oxygen atoms in total. The molecule has 0 spiro atoms. The minimum absolute atomic E-state index is 0.135. The molecule has 18 heavy (non-hydrogen) atoms. The first-order chi connectivity index (χ1) is 8.50. The van der Waals surface area contributed by atoms with Crippen LogP contribution >= 0.6 is 0 Å². The topological polar surface area (TPSA) is 79.5 Å². The highest BCUT2D eigenvalue weighted by atomic mass is 16.3. The predicted octanol–water partition coefficient (Wildman–Crippen LogP) is 1.04. The Bertz CT molecular complexity index is 442. The number of hydrogen-bond donors (Lipinski definition) is 2. The zero-order valence-corrected chi connectivity index (χ0v) is 10.6. The van der Waals surface area contributed by atoms with Crippen LogP contribution in [0, 0.1) is 0 Å². The largest absolute Gasteiger partial charge is 0.388 e. The van der Waals surface area contributed by atoms with E-state index in [-0.39, 0.29) is 5.91 Å². The van der Waals surface area contributed by atoms with Gasteiger partial charge in [-0.25, -0.2) is 4.98 Å². The van der Waals surface area contributed by atoms with Crippen molar-refractivity contribution in [1.29, 1.82) is 0 Å². The number of aliphatic hydroxyl groups is 1. The molecular weight excluding hydrogens is 230 g/mol. The Kier molecular flexibility index (Phi) is 3.52. The number of carbonyl (C=O) groups is 1. The second kappa shape index (κ2) is 4.94. The van der Waals surface area contributed by atoms with Crippen LogP contribution in [0.5, 0.6) is 0 Å². The molecule has 1 heterocycles. The van der Waals surface area contributed by atoms with Crippen LogP contribution in [0.1, 0.15) is 36.0 Å². The molecule has 5 heteroatoms. The number of amides is 1. The van der Waals surface area contributed by atoms with Crippen molar-refractivity contribution in [3.05, 3.63) is 23.9 Å². The lowest BCUT2D eigenvalue weighted by Crippen LogP contribution is -2.42. The second-order valence-electron chi connectivity index (χ2n) is 5.06. The normalized spacial score (nSPS) is 17.7. The Morgan fingerprint density at radius 2 is 2.22 bits per heavy atom. The molecule has 1 aromatic rings. The molecule has 0 radical (unpaired) electrons. The van der Waals surface area contributed by atoms with Crippen molar-refractivity contribution in [2.45, 2.75) is 31.3 Å². The lowest BCUT2D eigenvalue weighted by molar-refractivity contribution is 0.0157. The Morgan fingerprint density at radius 3 is 2.83 bits per heavy atom. The summed E-state index contributed by atoms with van der Waals surface area (Å²) >= 11 is 0. The van der Waals surface area contributed by atoms with Gasteiger partial charge >= 0.3 is 0 Å². The van der Waals surface area contributed by atoms with Gasteiger partial charge in [0.15, 0.2) is 0 Å². The summed E-state index contributed by atoms with van der Waals surface area (Å²) in [5, 5.41) is 10.3. The smallest absolute Gasteiger partial charge is 0.253 e. The van der Waals surface area contributed by atoms with Crippen LogP contribution in [-0.2, 0) is 0 Å².